The third kappa shape index (κ3) is 7.05. The van der Waals surface area contributed by atoms with Crippen LogP contribution >= 0.6 is 0 Å². The van der Waals surface area contributed by atoms with Crippen LogP contribution in [0.15, 0.2) is 48.7 Å². The minimum atomic E-state index is -5.08. The molecule has 7 nitrogen and oxygen atoms in total. The molecule has 2 aromatic carbocycles. The second-order valence-corrected chi connectivity index (χ2v) is 11.3. The second kappa shape index (κ2) is 12.3. The number of Topliss-reactive ketones (excluding diaryl/α,β-unsaturated/α-hetero) is 1. The number of hydrogen-bond donors (Lipinski definition) is 2. The van der Waals surface area contributed by atoms with Crippen molar-refractivity contribution in [3.8, 4) is 0 Å². The highest BCUT2D eigenvalue weighted by molar-refractivity contribution is 6.01. The van der Waals surface area contributed by atoms with E-state index in [0.717, 1.165) is 29.3 Å². The smallest absolute Gasteiger partial charge is 0.369 e. The number of nitrogens with two attached hydrogens (primary N) is 1. The normalized spacial score (nSPS) is 19.1. The highest BCUT2D eigenvalue weighted by atomic mass is 19.4. The van der Waals surface area contributed by atoms with Crippen molar-refractivity contribution in [2.45, 2.75) is 43.7 Å². The summed E-state index contributed by atoms with van der Waals surface area (Å²) in [7, 11) is 0. The zero-order valence-electron chi connectivity index (χ0n) is 23.3. The van der Waals surface area contributed by atoms with E-state index in [2.05, 4.69) is 9.88 Å². The second-order valence-electron chi connectivity index (χ2n) is 11.3. The van der Waals surface area contributed by atoms with Crippen LogP contribution < -0.4 is 5.73 Å². The van der Waals surface area contributed by atoms with Gasteiger partial charge in [-0.25, -0.2) is 0 Å². The molecule has 232 valence electrons. The molecule has 2 atom stereocenters. The van der Waals surface area contributed by atoms with E-state index in [4.69, 9.17) is 5.73 Å². The Morgan fingerprint density at radius 3 is 2.02 bits per heavy atom. The number of nitrogens with one attached hydrogen (secondary N) is 1. The number of primary amides is 1. The van der Waals surface area contributed by atoms with Gasteiger partial charge in [0.2, 0.25) is 5.91 Å². The van der Waals surface area contributed by atoms with Crippen molar-refractivity contribution in [2.24, 2.45) is 5.73 Å². The van der Waals surface area contributed by atoms with Crippen molar-refractivity contribution in [1.29, 1.82) is 0 Å². The number of carbonyl (C=O) groups excluding carboxylic acids is 2. The average Bonchev–Trinajstić information content (AvgIpc) is 3.63. The lowest BCUT2D eigenvalue weighted by Gasteiger charge is -2.44. The molecule has 13 heteroatoms. The molecule has 0 bridgehead atoms. The predicted molar refractivity (Wildman–Crippen MR) is 148 cm³/mol. The molecule has 0 radical (unpaired) electrons. The first-order chi connectivity index (χ1) is 20.3. The fourth-order valence-corrected chi connectivity index (χ4v) is 6.31. The Morgan fingerprint density at radius 2 is 1.44 bits per heavy atom. The number of rotatable bonds is 9. The first kappa shape index (κ1) is 31.0. The van der Waals surface area contributed by atoms with Crippen LogP contribution in [0.5, 0.6) is 0 Å². The molecule has 5 rings (SSSR count). The maximum absolute atomic E-state index is 14.4. The molecule has 2 aliphatic heterocycles. The molecule has 3 heterocycles. The Morgan fingerprint density at radius 1 is 0.837 bits per heavy atom. The molecule has 3 N–H and O–H groups in total. The molecule has 2 unspecified atom stereocenters. The summed E-state index contributed by atoms with van der Waals surface area (Å²) in [4.78, 5) is 34.8. The average molecular weight is 610 g/mol. The van der Waals surface area contributed by atoms with Gasteiger partial charge in [-0.2, -0.15) is 26.3 Å². The number of hydrogen-bond acceptors (Lipinski definition) is 5. The summed E-state index contributed by atoms with van der Waals surface area (Å²) in [6.45, 7) is 2.61. The lowest BCUT2D eigenvalue weighted by atomic mass is 9.88. The molecular weight excluding hydrogens is 576 g/mol. The van der Waals surface area contributed by atoms with Crippen LogP contribution in [0.2, 0.25) is 0 Å². The zero-order chi connectivity index (χ0) is 30.9. The van der Waals surface area contributed by atoms with Gasteiger partial charge in [-0.15, -0.1) is 0 Å². The third-order valence-corrected chi connectivity index (χ3v) is 8.40. The van der Waals surface area contributed by atoms with E-state index in [0.29, 0.717) is 44.7 Å². The molecule has 1 aromatic heterocycles. The Balaban J connectivity index is 1.59. The van der Waals surface area contributed by atoms with Crippen molar-refractivity contribution in [2.75, 3.05) is 45.8 Å². The maximum atomic E-state index is 14.4. The van der Waals surface area contributed by atoms with E-state index in [9.17, 15) is 35.9 Å². The topological polar surface area (TPSA) is 85.7 Å². The van der Waals surface area contributed by atoms with Crippen molar-refractivity contribution in [3.05, 3.63) is 70.9 Å². The molecule has 1 amide bonds. The van der Waals surface area contributed by atoms with Gasteiger partial charge in [0.25, 0.3) is 0 Å². The van der Waals surface area contributed by atoms with Gasteiger partial charge in [0.1, 0.15) is 0 Å². The van der Waals surface area contributed by atoms with Crippen molar-refractivity contribution < 1.29 is 35.9 Å². The van der Waals surface area contributed by atoms with Gasteiger partial charge in [-0.05, 0) is 62.2 Å². The van der Waals surface area contributed by atoms with Crippen molar-refractivity contribution in [3.63, 3.8) is 0 Å². The molecule has 3 aromatic rings. The van der Waals surface area contributed by atoms with Crippen molar-refractivity contribution >= 4 is 22.6 Å². The highest BCUT2D eigenvalue weighted by Crippen LogP contribution is 2.37. The fraction of sp³-hybridized carbons (Fsp3) is 0.467. The predicted octanol–water partition coefficient (Wildman–Crippen LogP) is 4.57. The number of amides is 1. The molecule has 0 aliphatic carbocycles. The summed E-state index contributed by atoms with van der Waals surface area (Å²) < 4.78 is 82.6. The lowest BCUT2D eigenvalue weighted by Crippen LogP contribution is -2.61. The number of carbonyl (C=O) groups is 2. The molecule has 2 aliphatic rings. The van der Waals surface area contributed by atoms with Gasteiger partial charge < -0.3 is 10.7 Å². The van der Waals surface area contributed by atoms with Crippen LogP contribution in [0.3, 0.4) is 0 Å². The number of likely N-dealkylation sites (tertiary alicyclic amines) is 1. The molecule has 2 fully saturated rings. The summed E-state index contributed by atoms with van der Waals surface area (Å²) in [6, 6.07) is 7.14. The third-order valence-electron chi connectivity index (χ3n) is 8.40. The number of halogens is 6. The Bertz CT molecular complexity index is 1420. The van der Waals surface area contributed by atoms with E-state index in [1.54, 1.807) is 0 Å². The number of benzene rings is 2. The number of aromatic nitrogens is 1. The number of H-pyrrole nitrogens is 1. The standard InChI is InChI=1S/C30H33F6N5O2/c31-29(32,33)21-13-19(14-22(16-21)30(34,35)36)28(43)27(41-11-9-39(10-12-41)18-26(37)42)25(40-7-3-4-8-40)15-20-17-38-24-6-2-1-5-23(20)24/h1-2,5-6,13-14,16-17,25,27,38H,3-4,7-12,15,18H2,(H2,37,42). The van der Waals surface area contributed by atoms with Gasteiger partial charge in [0, 0.05) is 54.9 Å². The number of nitrogens with zero attached hydrogens (tertiary/aromatic N) is 3. The van der Waals surface area contributed by atoms with Crippen LogP contribution in [0.1, 0.15) is 39.9 Å². The number of aromatic amines is 1. The quantitative estimate of drug-likeness (QED) is 0.275. The van der Waals surface area contributed by atoms with Gasteiger partial charge in [-0.1, -0.05) is 18.2 Å². The van der Waals surface area contributed by atoms with Crippen LogP contribution in [0, 0.1) is 0 Å². The fourth-order valence-electron chi connectivity index (χ4n) is 6.31. The first-order valence-electron chi connectivity index (χ1n) is 14.2. The van der Waals surface area contributed by atoms with Gasteiger partial charge in [0.05, 0.1) is 23.7 Å². The van der Waals surface area contributed by atoms with Crippen LogP contribution in [-0.2, 0) is 23.6 Å². The molecule has 43 heavy (non-hydrogen) atoms. The number of ketones is 1. The minimum absolute atomic E-state index is 0.0138. The molecule has 0 saturated carbocycles. The zero-order valence-corrected chi connectivity index (χ0v) is 23.3. The summed E-state index contributed by atoms with van der Waals surface area (Å²) in [6.07, 6.45) is -6.24. The highest BCUT2D eigenvalue weighted by Gasteiger charge is 2.43. The Labute approximate surface area is 244 Å². The van der Waals surface area contributed by atoms with E-state index >= 15 is 0 Å². The lowest BCUT2D eigenvalue weighted by molar-refractivity contribution is -0.143. The number of fused-ring (bicyclic) bond motifs is 1. The van der Waals surface area contributed by atoms with Crippen LogP contribution in [-0.4, -0.2) is 89.3 Å². The van der Waals surface area contributed by atoms with Crippen LogP contribution in [0.4, 0.5) is 26.3 Å². The Hall–Kier alpha value is -3.42. The molecule has 2 saturated heterocycles. The summed E-state index contributed by atoms with van der Waals surface area (Å²) in [5.74, 6) is -1.31. The maximum Gasteiger partial charge on any atom is 0.416 e. The van der Waals surface area contributed by atoms with Crippen LogP contribution in [0.25, 0.3) is 10.9 Å². The van der Waals surface area contributed by atoms with E-state index in [-0.39, 0.29) is 25.7 Å². The first-order valence-corrected chi connectivity index (χ1v) is 14.2. The van der Waals surface area contributed by atoms with Crippen molar-refractivity contribution in [1.82, 2.24) is 19.7 Å². The largest absolute Gasteiger partial charge is 0.416 e. The van der Waals surface area contributed by atoms with E-state index in [1.807, 2.05) is 40.3 Å². The number of para-hydroxylation sites is 1. The molecule has 0 spiro atoms. The molecular formula is C30H33F6N5O2. The van der Waals surface area contributed by atoms with E-state index in [1.165, 1.54) is 0 Å². The van der Waals surface area contributed by atoms with Gasteiger partial charge in [-0.3, -0.25) is 24.3 Å². The Kier molecular flexibility index (Phi) is 8.87. The monoisotopic (exact) mass is 609 g/mol. The number of alkyl halides is 6. The SMILES string of the molecule is NC(=O)CN1CCN(C(C(=O)c2cc(C(F)(F)F)cc(C(F)(F)F)c2)C(Cc2c[nH]c3ccccc23)N2CCCC2)CC1. The number of piperazine rings is 1. The van der Waals surface area contributed by atoms with Gasteiger partial charge >= 0.3 is 12.4 Å². The minimum Gasteiger partial charge on any atom is -0.369 e. The summed E-state index contributed by atoms with van der Waals surface area (Å²) in [5, 5.41) is 0.933. The summed E-state index contributed by atoms with van der Waals surface area (Å²) in [5.41, 5.74) is 3.46. The summed E-state index contributed by atoms with van der Waals surface area (Å²) >= 11 is 0. The van der Waals surface area contributed by atoms with Gasteiger partial charge in [0.15, 0.2) is 5.78 Å². The van der Waals surface area contributed by atoms with E-state index < -0.39 is 52.8 Å².